The van der Waals surface area contributed by atoms with Crippen LogP contribution in [0.5, 0.6) is 11.8 Å². The molecule has 4 nitrogen and oxygen atoms in total. The van der Waals surface area contributed by atoms with Crippen molar-refractivity contribution in [1.82, 2.24) is 4.98 Å². The molecule has 0 fully saturated rings. The van der Waals surface area contributed by atoms with Crippen molar-refractivity contribution in [2.45, 2.75) is 6.18 Å². The Morgan fingerprint density at radius 1 is 1.29 bits per heavy atom. The number of aromatic nitrogens is 1. The minimum Gasteiger partial charge on any atom is -0.411 e. The molecular weight excluding hydrogens is 237 g/mol. The summed E-state index contributed by atoms with van der Waals surface area (Å²) in [6.07, 6.45) is -3.43. The highest BCUT2D eigenvalue weighted by molar-refractivity contribution is 5.32. The summed E-state index contributed by atoms with van der Waals surface area (Å²) in [5.74, 6) is -0.00588. The lowest BCUT2D eigenvalue weighted by atomic mass is 10.2. The molecule has 0 aliphatic rings. The van der Waals surface area contributed by atoms with Gasteiger partial charge in [0.2, 0.25) is 5.88 Å². The third kappa shape index (κ3) is 2.68. The van der Waals surface area contributed by atoms with Crippen molar-refractivity contribution in [2.24, 2.45) is 0 Å². The molecule has 0 aliphatic carbocycles. The third-order valence-corrected chi connectivity index (χ3v) is 1.87. The highest BCUT2D eigenvalue weighted by Crippen LogP contribution is 2.32. The van der Waals surface area contributed by atoms with Gasteiger partial charge >= 0.3 is 12.3 Å². The fraction of sp³-hybridized carbons (Fsp3) is 0.100. The van der Waals surface area contributed by atoms with Gasteiger partial charge in [0.1, 0.15) is 5.75 Å². The van der Waals surface area contributed by atoms with Crippen molar-refractivity contribution in [3.63, 3.8) is 0 Å². The van der Waals surface area contributed by atoms with Gasteiger partial charge in [0.25, 0.3) is 0 Å². The van der Waals surface area contributed by atoms with E-state index in [2.05, 4.69) is 4.98 Å². The number of halogens is 3. The van der Waals surface area contributed by atoms with Gasteiger partial charge in [-0.2, -0.15) is 18.2 Å². The average molecular weight is 244 g/mol. The Labute approximate surface area is 93.8 Å². The molecule has 0 saturated heterocycles. The van der Waals surface area contributed by atoms with Crippen LogP contribution >= 0.6 is 0 Å². The first-order chi connectivity index (χ1) is 7.95. The molecule has 2 rings (SSSR count). The summed E-state index contributed by atoms with van der Waals surface area (Å²) < 4.78 is 46.9. The highest BCUT2D eigenvalue weighted by Gasteiger charge is 2.30. The second kappa shape index (κ2) is 4.00. The molecule has 0 aliphatic heterocycles. The zero-order valence-electron chi connectivity index (χ0n) is 8.36. The summed E-state index contributed by atoms with van der Waals surface area (Å²) in [6.45, 7) is 0. The second-order valence-corrected chi connectivity index (χ2v) is 3.16. The standard InChI is InChI=1S/C10H7F3N2O2/c11-10(12,13)6-2-1-3-7(4-6)16-9-15-5-8(14)17-9/h1-5H,14H2. The summed E-state index contributed by atoms with van der Waals surface area (Å²) >= 11 is 0. The van der Waals surface area contributed by atoms with Crippen molar-refractivity contribution in [1.29, 1.82) is 0 Å². The number of nitrogen functional groups attached to an aromatic ring is 1. The van der Waals surface area contributed by atoms with Crippen LogP contribution in [0.25, 0.3) is 0 Å². The summed E-state index contributed by atoms with van der Waals surface area (Å²) in [5.41, 5.74) is 4.43. The molecule has 0 saturated carbocycles. The summed E-state index contributed by atoms with van der Waals surface area (Å²) in [4.78, 5) is 3.61. The van der Waals surface area contributed by atoms with Gasteiger partial charge in [0, 0.05) is 0 Å². The lowest BCUT2D eigenvalue weighted by Crippen LogP contribution is -2.04. The number of anilines is 1. The maximum Gasteiger partial charge on any atom is 0.416 e. The fourth-order valence-electron chi connectivity index (χ4n) is 1.15. The van der Waals surface area contributed by atoms with Crippen molar-refractivity contribution < 1.29 is 22.3 Å². The second-order valence-electron chi connectivity index (χ2n) is 3.16. The van der Waals surface area contributed by atoms with E-state index >= 15 is 0 Å². The molecule has 0 atom stereocenters. The molecule has 0 bridgehead atoms. The molecule has 2 aromatic rings. The highest BCUT2D eigenvalue weighted by atomic mass is 19.4. The number of alkyl halides is 3. The largest absolute Gasteiger partial charge is 0.416 e. The number of hydrogen-bond acceptors (Lipinski definition) is 4. The van der Waals surface area contributed by atoms with Gasteiger partial charge in [-0.25, -0.2) is 0 Å². The molecule has 0 unspecified atom stereocenters. The normalized spacial score (nSPS) is 11.5. The van der Waals surface area contributed by atoms with Crippen molar-refractivity contribution in [2.75, 3.05) is 5.73 Å². The zero-order chi connectivity index (χ0) is 12.5. The quantitative estimate of drug-likeness (QED) is 0.881. The van der Waals surface area contributed by atoms with Crippen LogP contribution in [0.3, 0.4) is 0 Å². The van der Waals surface area contributed by atoms with Crippen LogP contribution < -0.4 is 10.5 Å². The number of nitrogens with two attached hydrogens (primary N) is 1. The Morgan fingerprint density at radius 2 is 2.06 bits per heavy atom. The fourth-order valence-corrected chi connectivity index (χ4v) is 1.15. The van der Waals surface area contributed by atoms with E-state index in [4.69, 9.17) is 14.9 Å². The van der Waals surface area contributed by atoms with Gasteiger partial charge in [0.05, 0.1) is 11.8 Å². The molecular formula is C10H7F3N2O2. The molecule has 90 valence electrons. The Bertz CT molecular complexity index is 522. The molecule has 7 heteroatoms. The zero-order valence-corrected chi connectivity index (χ0v) is 8.36. The van der Waals surface area contributed by atoms with Gasteiger partial charge in [-0.15, -0.1) is 0 Å². The predicted octanol–water partition coefficient (Wildman–Crippen LogP) is 3.07. The van der Waals surface area contributed by atoms with Gasteiger partial charge in [-0.05, 0) is 18.2 Å². The summed E-state index contributed by atoms with van der Waals surface area (Å²) in [6, 6.07) is 4.37. The minimum absolute atomic E-state index is 0.0203. The maximum absolute atomic E-state index is 12.4. The van der Waals surface area contributed by atoms with E-state index in [9.17, 15) is 13.2 Å². The van der Waals surface area contributed by atoms with Crippen LogP contribution in [0.15, 0.2) is 34.9 Å². The molecule has 1 aromatic carbocycles. The van der Waals surface area contributed by atoms with Crippen LogP contribution in [-0.4, -0.2) is 4.98 Å². The van der Waals surface area contributed by atoms with E-state index in [1.165, 1.54) is 18.3 Å². The molecule has 1 heterocycles. The third-order valence-electron chi connectivity index (χ3n) is 1.87. The molecule has 0 radical (unpaired) electrons. The first-order valence-corrected chi connectivity index (χ1v) is 4.51. The number of rotatable bonds is 2. The summed E-state index contributed by atoms with van der Waals surface area (Å²) in [7, 11) is 0. The van der Waals surface area contributed by atoms with E-state index in [0.29, 0.717) is 0 Å². The number of oxazole rings is 1. The minimum atomic E-state index is -4.42. The van der Waals surface area contributed by atoms with E-state index in [1.807, 2.05) is 0 Å². The number of ether oxygens (including phenoxy) is 1. The number of benzene rings is 1. The van der Waals surface area contributed by atoms with Gasteiger partial charge < -0.3 is 14.9 Å². The van der Waals surface area contributed by atoms with Crippen molar-refractivity contribution in [3.05, 3.63) is 36.0 Å². The van der Waals surface area contributed by atoms with E-state index < -0.39 is 11.7 Å². The topological polar surface area (TPSA) is 61.3 Å². The van der Waals surface area contributed by atoms with Gasteiger partial charge in [-0.1, -0.05) is 6.07 Å². The Hall–Kier alpha value is -2.18. The SMILES string of the molecule is Nc1cnc(Oc2cccc(C(F)(F)F)c2)o1. The van der Waals surface area contributed by atoms with Crippen LogP contribution in [0.1, 0.15) is 5.56 Å². The lowest BCUT2D eigenvalue weighted by Gasteiger charge is -2.07. The average Bonchev–Trinajstić information content (AvgIpc) is 2.63. The van der Waals surface area contributed by atoms with Crippen molar-refractivity contribution in [3.8, 4) is 11.8 Å². The monoisotopic (exact) mass is 244 g/mol. The smallest absolute Gasteiger partial charge is 0.411 e. The molecule has 0 amide bonds. The van der Waals surface area contributed by atoms with Gasteiger partial charge in [-0.3, -0.25) is 0 Å². The van der Waals surface area contributed by atoms with E-state index in [-0.39, 0.29) is 17.7 Å². The predicted molar refractivity (Wildman–Crippen MR) is 52.4 cm³/mol. The number of hydrogen-bond donors (Lipinski definition) is 1. The first-order valence-electron chi connectivity index (χ1n) is 4.51. The maximum atomic E-state index is 12.4. The van der Waals surface area contributed by atoms with Crippen LogP contribution in [0, 0.1) is 0 Å². The Kier molecular flexibility index (Phi) is 2.66. The van der Waals surface area contributed by atoms with Crippen molar-refractivity contribution >= 4 is 5.88 Å². The lowest BCUT2D eigenvalue weighted by molar-refractivity contribution is -0.137. The Morgan fingerprint density at radius 3 is 2.65 bits per heavy atom. The molecule has 1 aromatic heterocycles. The van der Waals surface area contributed by atoms with Gasteiger partial charge in [0.15, 0.2) is 0 Å². The first kappa shape index (κ1) is 11.3. The van der Waals surface area contributed by atoms with Crippen LogP contribution in [0.4, 0.5) is 19.1 Å². The number of nitrogens with zero attached hydrogens (tertiary/aromatic N) is 1. The van der Waals surface area contributed by atoms with Crippen LogP contribution in [0.2, 0.25) is 0 Å². The van der Waals surface area contributed by atoms with E-state index in [1.54, 1.807) is 0 Å². The molecule has 2 N–H and O–H groups in total. The van der Waals surface area contributed by atoms with Crippen LogP contribution in [-0.2, 0) is 6.18 Å². The summed E-state index contributed by atoms with van der Waals surface area (Å²) in [5, 5.41) is 0. The molecule has 17 heavy (non-hydrogen) atoms. The van der Waals surface area contributed by atoms with E-state index in [0.717, 1.165) is 12.1 Å². The Balaban J connectivity index is 2.22. The molecule has 0 spiro atoms.